The van der Waals surface area contributed by atoms with E-state index in [1.54, 1.807) is 0 Å². The Hall–Kier alpha value is -1.74. The van der Waals surface area contributed by atoms with E-state index in [-0.39, 0.29) is 0 Å². The lowest BCUT2D eigenvalue weighted by molar-refractivity contribution is 0.562. The third-order valence-corrected chi connectivity index (χ3v) is 3.66. The van der Waals surface area contributed by atoms with Crippen LogP contribution in [-0.4, -0.2) is 13.1 Å². The van der Waals surface area contributed by atoms with Gasteiger partial charge in [0.25, 0.3) is 0 Å². The largest absolute Gasteiger partial charge is 0.461 e. The van der Waals surface area contributed by atoms with Gasteiger partial charge in [0.05, 0.1) is 0 Å². The molecule has 3 heteroatoms. The SMILES string of the molecule is CNC(C)Cc1c2cc(C)oc2cc2cc(C)oc12. The van der Waals surface area contributed by atoms with E-state index < -0.39 is 0 Å². The first kappa shape index (κ1) is 12.3. The van der Waals surface area contributed by atoms with Gasteiger partial charge in [-0.05, 0) is 52.4 Å². The predicted octanol–water partition coefficient (Wildman–Crippen LogP) is 3.95. The van der Waals surface area contributed by atoms with Gasteiger partial charge in [0.1, 0.15) is 22.7 Å². The van der Waals surface area contributed by atoms with Crippen LogP contribution in [-0.2, 0) is 6.42 Å². The monoisotopic (exact) mass is 257 g/mol. The smallest absolute Gasteiger partial charge is 0.138 e. The summed E-state index contributed by atoms with van der Waals surface area (Å²) in [7, 11) is 1.98. The van der Waals surface area contributed by atoms with E-state index >= 15 is 0 Å². The van der Waals surface area contributed by atoms with Crippen molar-refractivity contribution in [3.63, 3.8) is 0 Å². The topological polar surface area (TPSA) is 38.3 Å². The molecular formula is C16H19NO2. The Kier molecular flexibility index (Phi) is 2.86. The van der Waals surface area contributed by atoms with Crippen molar-refractivity contribution in [2.24, 2.45) is 0 Å². The Labute approximate surface area is 112 Å². The molecule has 19 heavy (non-hydrogen) atoms. The molecule has 0 spiro atoms. The van der Waals surface area contributed by atoms with Crippen molar-refractivity contribution >= 4 is 21.9 Å². The molecule has 0 aliphatic rings. The van der Waals surface area contributed by atoms with Gasteiger partial charge in [-0.1, -0.05) is 0 Å². The van der Waals surface area contributed by atoms with Crippen molar-refractivity contribution in [1.29, 1.82) is 0 Å². The molecule has 0 radical (unpaired) electrons. The second-order valence-corrected chi connectivity index (χ2v) is 5.29. The minimum absolute atomic E-state index is 0.398. The van der Waals surface area contributed by atoms with Gasteiger partial charge in [-0.25, -0.2) is 0 Å². The second-order valence-electron chi connectivity index (χ2n) is 5.29. The van der Waals surface area contributed by atoms with Crippen LogP contribution in [0.15, 0.2) is 27.0 Å². The maximum Gasteiger partial charge on any atom is 0.138 e. The quantitative estimate of drug-likeness (QED) is 0.772. The van der Waals surface area contributed by atoms with Crippen LogP contribution in [0.4, 0.5) is 0 Å². The normalized spacial score (nSPS) is 13.5. The highest BCUT2D eigenvalue weighted by atomic mass is 16.3. The highest BCUT2D eigenvalue weighted by Gasteiger charge is 2.16. The summed E-state index contributed by atoms with van der Waals surface area (Å²) in [5, 5.41) is 5.57. The Morgan fingerprint density at radius 1 is 1.11 bits per heavy atom. The maximum absolute atomic E-state index is 5.89. The molecule has 0 aliphatic heterocycles. The molecule has 0 saturated heterocycles. The van der Waals surface area contributed by atoms with Crippen molar-refractivity contribution in [3.05, 3.63) is 35.3 Å². The molecule has 3 nitrogen and oxygen atoms in total. The molecule has 0 aliphatic carbocycles. The number of benzene rings is 1. The molecule has 0 amide bonds. The first-order valence-electron chi connectivity index (χ1n) is 6.68. The second kappa shape index (κ2) is 4.42. The highest BCUT2D eigenvalue weighted by molar-refractivity contribution is 5.98. The third kappa shape index (κ3) is 2.04. The lowest BCUT2D eigenvalue weighted by atomic mass is 10.0. The summed E-state index contributed by atoms with van der Waals surface area (Å²) in [4.78, 5) is 0. The van der Waals surface area contributed by atoms with Crippen LogP contribution in [0.1, 0.15) is 24.0 Å². The standard InChI is InChI=1S/C16H19NO2/c1-9(17-4)5-14-13-7-11(3)18-15(13)8-12-6-10(2)19-16(12)14/h6-9,17H,5H2,1-4H3. The summed E-state index contributed by atoms with van der Waals surface area (Å²) in [6, 6.07) is 6.64. The van der Waals surface area contributed by atoms with E-state index in [1.807, 2.05) is 20.9 Å². The molecule has 0 bridgehead atoms. The van der Waals surface area contributed by atoms with E-state index in [4.69, 9.17) is 8.83 Å². The van der Waals surface area contributed by atoms with Crippen molar-refractivity contribution < 1.29 is 8.83 Å². The van der Waals surface area contributed by atoms with Crippen molar-refractivity contribution in [2.75, 3.05) is 7.05 Å². The van der Waals surface area contributed by atoms with Crippen molar-refractivity contribution in [2.45, 2.75) is 33.2 Å². The summed E-state index contributed by atoms with van der Waals surface area (Å²) in [6.07, 6.45) is 0.927. The first-order chi connectivity index (χ1) is 9.08. The fourth-order valence-electron chi connectivity index (χ4n) is 2.63. The molecule has 1 N–H and O–H groups in total. The molecule has 3 aromatic rings. The fourth-order valence-corrected chi connectivity index (χ4v) is 2.63. The molecule has 1 atom stereocenters. The van der Waals surface area contributed by atoms with Crippen LogP contribution in [0, 0.1) is 13.8 Å². The predicted molar refractivity (Wildman–Crippen MR) is 77.7 cm³/mol. The minimum atomic E-state index is 0.398. The number of hydrogen-bond acceptors (Lipinski definition) is 3. The number of likely N-dealkylation sites (N-methyl/N-ethyl adjacent to an activating group) is 1. The average Bonchev–Trinajstić information content (AvgIpc) is 2.90. The highest BCUT2D eigenvalue weighted by Crippen LogP contribution is 2.33. The zero-order chi connectivity index (χ0) is 13.6. The van der Waals surface area contributed by atoms with Gasteiger partial charge in [0.2, 0.25) is 0 Å². The number of rotatable bonds is 3. The molecule has 100 valence electrons. The van der Waals surface area contributed by atoms with E-state index in [1.165, 1.54) is 10.9 Å². The van der Waals surface area contributed by atoms with E-state index in [0.717, 1.165) is 34.5 Å². The summed E-state index contributed by atoms with van der Waals surface area (Å²) in [5.41, 5.74) is 3.18. The Balaban J connectivity index is 2.31. The molecule has 3 rings (SSSR count). The minimum Gasteiger partial charge on any atom is -0.461 e. The molecule has 2 aromatic heterocycles. The van der Waals surface area contributed by atoms with Gasteiger partial charge >= 0.3 is 0 Å². The number of nitrogens with one attached hydrogen (secondary N) is 1. The number of furan rings is 2. The Morgan fingerprint density at radius 2 is 1.84 bits per heavy atom. The summed E-state index contributed by atoms with van der Waals surface area (Å²) < 4.78 is 11.7. The number of fused-ring (bicyclic) bond motifs is 2. The van der Waals surface area contributed by atoms with Crippen LogP contribution >= 0.6 is 0 Å². The lowest BCUT2D eigenvalue weighted by Gasteiger charge is -2.11. The van der Waals surface area contributed by atoms with Gasteiger partial charge in [0, 0.05) is 22.4 Å². The fraction of sp³-hybridized carbons (Fsp3) is 0.375. The Morgan fingerprint density at radius 3 is 2.58 bits per heavy atom. The molecule has 1 unspecified atom stereocenters. The zero-order valence-electron chi connectivity index (χ0n) is 11.8. The summed E-state index contributed by atoms with van der Waals surface area (Å²) in [5.74, 6) is 1.88. The van der Waals surface area contributed by atoms with Crippen LogP contribution < -0.4 is 5.32 Å². The van der Waals surface area contributed by atoms with Gasteiger partial charge in [-0.2, -0.15) is 0 Å². The maximum atomic E-state index is 5.89. The van der Waals surface area contributed by atoms with Crippen LogP contribution in [0.25, 0.3) is 21.9 Å². The summed E-state index contributed by atoms with van der Waals surface area (Å²) >= 11 is 0. The third-order valence-electron chi connectivity index (χ3n) is 3.66. The van der Waals surface area contributed by atoms with E-state index in [9.17, 15) is 0 Å². The first-order valence-corrected chi connectivity index (χ1v) is 6.68. The molecule has 0 fully saturated rings. The van der Waals surface area contributed by atoms with Crippen molar-refractivity contribution in [1.82, 2.24) is 5.32 Å². The molecular weight excluding hydrogens is 238 g/mol. The number of hydrogen-bond donors (Lipinski definition) is 1. The number of aryl methyl sites for hydroxylation is 2. The van der Waals surface area contributed by atoms with Gasteiger partial charge in [-0.3, -0.25) is 0 Å². The van der Waals surface area contributed by atoms with Crippen molar-refractivity contribution in [3.8, 4) is 0 Å². The zero-order valence-corrected chi connectivity index (χ0v) is 11.8. The molecule has 2 heterocycles. The van der Waals surface area contributed by atoms with E-state index in [0.29, 0.717) is 6.04 Å². The summed E-state index contributed by atoms with van der Waals surface area (Å²) in [6.45, 7) is 6.14. The van der Waals surface area contributed by atoms with Crippen LogP contribution in [0.5, 0.6) is 0 Å². The van der Waals surface area contributed by atoms with Gasteiger partial charge < -0.3 is 14.2 Å². The average molecular weight is 257 g/mol. The van der Waals surface area contributed by atoms with E-state index in [2.05, 4.69) is 30.4 Å². The van der Waals surface area contributed by atoms with Gasteiger partial charge in [0.15, 0.2) is 0 Å². The molecule has 0 saturated carbocycles. The van der Waals surface area contributed by atoms with Crippen LogP contribution in [0.3, 0.4) is 0 Å². The van der Waals surface area contributed by atoms with Crippen LogP contribution in [0.2, 0.25) is 0 Å². The lowest BCUT2D eigenvalue weighted by Crippen LogP contribution is -2.23. The van der Waals surface area contributed by atoms with Gasteiger partial charge in [-0.15, -0.1) is 0 Å². The Bertz CT molecular complexity index is 681. The molecule has 1 aromatic carbocycles.